The molecule has 0 aliphatic carbocycles. The zero-order chi connectivity index (χ0) is 9.14. The summed E-state index contributed by atoms with van der Waals surface area (Å²) < 4.78 is 1.97. The molecule has 1 N–H and O–H groups in total. The summed E-state index contributed by atoms with van der Waals surface area (Å²) >= 11 is 0. The Bertz CT molecular complexity index is 289. The van der Waals surface area contributed by atoms with Crippen LogP contribution >= 0.6 is 0 Å². The molecule has 0 bridgehead atoms. The Morgan fingerprint density at radius 1 is 1.67 bits per heavy atom. The molecule has 1 rings (SSSR count). The van der Waals surface area contributed by atoms with Crippen molar-refractivity contribution in [3.8, 4) is 0 Å². The number of Topliss-reactive ketones (excluding diaryl/α,β-unsaturated/α-hetero) is 1. The van der Waals surface area contributed by atoms with Crippen LogP contribution in [0.2, 0.25) is 0 Å². The minimum Gasteiger partial charge on any atom is -0.353 e. The van der Waals surface area contributed by atoms with E-state index in [0.717, 1.165) is 17.8 Å². The number of ketones is 1. The van der Waals surface area contributed by atoms with E-state index in [1.165, 1.54) is 0 Å². The number of carbonyl (C=O) groups is 1. The molecule has 1 aromatic rings. The molecule has 0 fully saturated rings. The Balaban J connectivity index is 2.92. The van der Waals surface area contributed by atoms with E-state index in [4.69, 9.17) is 0 Å². The fraction of sp³-hybridized carbons (Fsp3) is 0.444. The van der Waals surface area contributed by atoms with Crippen LogP contribution in [0.1, 0.15) is 23.0 Å². The fourth-order valence-corrected chi connectivity index (χ4v) is 1.16. The molecule has 0 atom stereocenters. The Labute approximate surface area is 72.4 Å². The number of aromatic nitrogens is 1. The molecular weight excluding hydrogens is 152 g/mol. The highest BCUT2D eigenvalue weighted by Gasteiger charge is 2.04. The molecule has 0 saturated carbocycles. The summed E-state index contributed by atoms with van der Waals surface area (Å²) in [5.74, 6) is 0.118. The van der Waals surface area contributed by atoms with Crippen LogP contribution in [0.15, 0.2) is 12.3 Å². The summed E-state index contributed by atoms with van der Waals surface area (Å²) in [7, 11) is 3.83. The molecule has 3 nitrogen and oxygen atoms in total. The third-order valence-electron chi connectivity index (χ3n) is 1.87. The predicted octanol–water partition coefficient (Wildman–Crippen LogP) is 0.947. The molecule has 0 aliphatic heterocycles. The number of rotatable bonds is 3. The third kappa shape index (κ3) is 1.74. The number of nitrogens with zero attached hydrogens (tertiary/aromatic N) is 1. The van der Waals surface area contributed by atoms with E-state index >= 15 is 0 Å². The Morgan fingerprint density at radius 3 is 2.75 bits per heavy atom. The monoisotopic (exact) mass is 166 g/mol. The molecule has 0 unspecified atom stereocenters. The molecular formula is C9H14N2O. The molecule has 0 spiro atoms. The first-order chi connectivity index (χ1) is 5.65. The fourth-order valence-electron chi connectivity index (χ4n) is 1.16. The zero-order valence-electron chi connectivity index (χ0n) is 7.72. The van der Waals surface area contributed by atoms with Gasteiger partial charge in [0.05, 0.1) is 0 Å². The molecule has 0 aromatic carbocycles. The average Bonchev–Trinajstić information content (AvgIpc) is 2.34. The number of nitrogens with one attached hydrogen (secondary N) is 1. The topological polar surface area (TPSA) is 34.0 Å². The van der Waals surface area contributed by atoms with Gasteiger partial charge in [0.25, 0.3) is 0 Å². The van der Waals surface area contributed by atoms with Gasteiger partial charge >= 0.3 is 0 Å². The predicted molar refractivity (Wildman–Crippen MR) is 48.2 cm³/mol. The SMILES string of the molecule is CNCc1cc(C(C)=O)cn1C. The lowest BCUT2D eigenvalue weighted by Gasteiger charge is -1.99. The van der Waals surface area contributed by atoms with Crippen LogP contribution in [-0.4, -0.2) is 17.4 Å². The minimum atomic E-state index is 0.118. The van der Waals surface area contributed by atoms with Crippen LogP contribution < -0.4 is 5.32 Å². The average molecular weight is 166 g/mol. The van der Waals surface area contributed by atoms with Crippen molar-refractivity contribution >= 4 is 5.78 Å². The lowest BCUT2D eigenvalue weighted by molar-refractivity contribution is 0.101. The maximum atomic E-state index is 11.0. The Hall–Kier alpha value is -1.09. The first-order valence-electron chi connectivity index (χ1n) is 3.96. The highest BCUT2D eigenvalue weighted by atomic mass is 16.1. The molecule has 66 valence electrons. The molecule has 0 aliphatic rings. The van der Waals surface area contributed by atoms with Gasteiger partial charge in [0, 0.05) is 31.0 Å². The summed E-state index contributed by atoms with van der Waals surface area (Å²) in [6, 6.07) is 1.92. The Morgan fingerprint density at radius 2 is 2.33 bits per heavy atom. The van der Waals surface area contributed by atoms with Gasteiger partial charge < -0.3 is 9.88 Å². The quantitative estimate of drug-likeness (QED) is 0.678. The number of aryl methyl sites for hydroxylation is 1. The number of hydrogen-bond acceptors (Lipinski definition) is 2. The molecule has 1 heterocycles. The molecule has 3 heteroatoms. The van der Waals surface area contributed by atoms with Gasteiger partial charge in [0.1, 0.15) is 0 Å². The molecule has 0 radical (unpaired) electrons. The highest BCUT2D eigenvalue weighted by Crippen LogP contribution is 2.07. The van der Waals surface area contributed by atoms with Crippen LogP contribution in [0.5, 0.6) is 0 Å². The standard InChI is InChI=1S/C9H14N2O/c1-7(12)8-4-9(5-10-2)11(3)6-8/h4,6,10H,5H2,1-3H3. The van der Waals surface area contributed by atoms with Gasteiger partial charge in [-0.05, 0) is 20.0 Å². The van der Waals surface area contributed by atoms with Crippen molar-refractivity contribution in [1.29, 1.82) is 0 Å². The van der Waals surface area contributed by atoms with Gasteiger partial charge in [-0.15, -0.1) is 0 Å². The molecule has 1 aromatic heterocycles. The normalized spacial score (nSPS) is 10.2. The third-order valence-corrected chi connectivity index (χ3v) is 1.87. The van der Waals surface area contributed by atoms with E-state index in [1.807, 2.05) is 30.9 Å². The Kier molecular flexibility index (Phi) is 2.65. The van der Waals surface area contributed by atoms with E-state index in [2.05, 4.69) is 5.32 Å². The summed E-state index contributed by atoms with van der Waals surface area (Å²) in [5.41, 5.74) is 1.91. The van der Waals surface area contributed by atoms with E-state index < -0.39 is 0 Å². The highest BCUT2D eigenvalue weighted by molar-refractivity contribution is 5.94. The summed E-state index contributed by atoms with van der Waals surface area (Å²) in [6.07, 6.45) is 1.86. The van der Waals surface area contributed by atoms with Crippen molar-refractivity contribution in [3.05, 3.63) is 23.5 Å². The number of hydrogen-bond donors (Lipinski definition) is 1. The lowest BCUT2D eigenvalue weighted by Crippen LogP contribution is -2.08. The van der Waals surface area contributed by atoms with Gasteiger partial charge in [0.2, 0.25) is 0 Å². The van der Waals surface area contributed by atoms with Crippen molar-refractivity contribution in [2.75, 3.05) is 7.05 Å². The van der Waals surface area contributed by atoms with Crippen LogP contribution in [0.3, 0.4) is 0 Å². The molecule has 12 heavy (non-hydrogen) atoms. The first kappa shape index (κ1) is 9.00. The van der Waals surface area contributed by atoms with Crippen LogP contribution in [0, 0.1) is 0 Å². The van der Waals surface area contributed by atoms with E-state index in [1.54, 1.807) is 6.92 Å². The maximum Gasteiger partial charge on any atom is 0.161 e. The second kappa shape index (κ2) is 3.54. The van der Waals surface area contributed by atoms with E-state index in [0.29, 0.717) is 0 Å². The second-order valence-corrected chi connectivity index (χ2v) is 2.92. The van der Waals surface area contributed by atoms with Crippen LogP contribution in [0.25, 0.3) is 0 Å². The van der Waals surface area contributed by atoms with Gasteiger partial charge in [0.15, 0.2) is 5.78 Å². The van der Waals surface area contributed by atoms with Gasteiger partial charge in [-0.2, -0.15) is 0 Å². The smallest absolute Gasteiger partial charge is 0.161 e. The van der Waals surface area contributed by atoms with E-state index in [-0.39, 0.29) is 5.78 Å². The van der Waals surface area contributed by atoms with Crippen molar-refractivity contribution in [3.63, 3.8) is 0 Å². The minimum absolute atomic E-state index is 0.118. The van der Waals surface area contributed by atoms with Crippen molar-refractivity contribution in [2.24, 2.45) is 7.05 Å². The zero-order valence-corrected chi connectivity index (χ0v) is 7.72. The summed E-state index contributed by atoms with van der Waals surface area (Å²) in [4.78, 5) is 11.0. The lowest BCUT2D eigenvalue weighted by atomic mass is 10.2. The van der Waals surface area contributed by atoms with Gasteiger partial charge in [-0.1, -0.05) is 0 Å². The van der Waals surface area contributed by atoms with Crippen molar-refractivity contribution in [1.82, 2.24) is 9.88 Å². The first-order valence-corrected chi connectivity index (χ1v) is 3.96. The second-order valence-electron chi connectivity index (χ2n) is 2.92. The largest absolute Gasteiger partial charge is 0.353 e. The number of carbonyl (C=O) groups excluding carboxylic acids is 1. The van der Waals surface area contributed by atoms with Gasteiger partial charge in [-0.25, -0.2) is 0 Å². The molecule has 0 saturated heterocycles. The van der Waals surface area contributed by atoms with Crippen LogP contribution in [-0.2, 0) is 13.6 Å². The van der Waals surface area contributed by atoms with E-state index in [9.17, 15) is 4.79 Å². The molecule has 0 amide bonds. The summed E-state index contributed by atoms with van der Waals surface area (Å²) in [5, 5.41) is 3.04. The maximum absolute atomic E-state index is 11.0. The summed E-state index contributed by atoms with van der Waals surface area (Å²) in [6.45, 7) is 2.38. The van der Waals surface area contributed by atoms with Crippen molar-refractivity contribution < 1.29 is 4.79 Å². The van der Waals surface area contributed by atoms with Crippen molar-refractivity contribution in [2.45, 2.75) is 13.5 Å². The van der Waals surface area contributed by atoms with Crippen LogP contribution in [0.4, 0.5) is 0 Å². The van der Waals surface area contributed by atoms with Gasteiger partial charge in [-0.3, -0.25) is 4.79 Å².